The van der Waals surface area contributed by atoms with Gasteiger partial charge in [-0.25, -0.2) is 9.78 Å². The molecule has 0 N–H and O–H groups in total. The SMILES string of the molecule is O=C(OCc1nc2ccccc2n1C(F)F)c1ccc(CN2CCCC2=O)cc1. The minimum absolute atomic E-state index is 0.0151. The molecule has 1 aliphatic rings. The van der Waals surface area contributed by atoms with Crippen molar-refractivity contribution < 1.29 is 23.1 Å². The number of hydrogen-bond donors (Lipinski definition) is 0. The van der Waals surface area contributed by atoms with E-state index >= 15 is 0 Å². The Hall–Kier alpha value is -3.29. The molecule has 29 heavy (non-hydrogen) atoms. The summed E-state index contributed by atoms with van der Waals surface area (Å²) in [6.45, 7) is -1.90. The van der Waals surface area contributed by atoms with Crippen molar-refractivity contribution in [2.24, 2.45) is 0 Å². The number of fused-ring (bicyclic) bond motifs is 1. The number of esters is 1. The van der Waals surface area contributed by atoms with Gasteiger partial charge in [-0.3, -0.25) is 9.36 Å². The van der Waals surface area contributed by atoms with E-state index in [9.17, 15) is 18.4 Å². The van der Waals surface area contributed by atoms with Gasteiger partial charge in [-0.1, -0.05) is 24.3 Å². The molecule has 1 saturated heterocycles. The first-order valence-electron chi connectivity index (χ1n) is 9.31. The van der Waals surface area contributed by atoms with Crippen LogP contribution in [0, 0.1) is 0 Å². The molecule has 150 valence electrons. The number of hydrogen-bond acceptors (Lipinski definition) is 4. The van der Waals surface area contributed by atoms with Gasteiger partial charge in [0.05, 0.1) is 16.6 Å². The standard InChI is InChI=1S/C21H19F2N3O3/c22-21(23)26-17-5-2-1-4-16(17)24-18(26)13-29-20(28)15-9-7-14(8-10-15)12-25-11-3-6-19(25)27/h1-2,4-5,7-10,21H,3,6,11-13H2. The number of carbonyl (C=O) groups excluding carboxylic acids is 2. The average Bonchev–Trinajstić information content (AvgIpc) is 3.29. The van der Waals surface area contributed by atoms with Crippen molar-refractivity contribution in [3.05, 3.63) is 65.5 Å². The van der Waals surface area contributed by atoms with Crippen molar-refractivity contribution in [3.63, 3.8) is 0 Å². The maximum absolute atomic E-state index is 13.4. The van der Waals surface area contributed by atoms with Gasteiger partial charge < -0.3 is 9.64 Å². The van der Waals surface area contributed by atoms with Crippen LogP contribution in [0.4, 0.5) is 8.78 Å². The van der Waals surface area contributed by atoms with Gasteiger partial charge in [-0.2, -0.15) is 8.78 Å². The summed E-state index contributed by atoms with van der Waals surface area (Å²) < 4.78 is 32.8. The summed E-state index contributed by atoms with van der Waals surface area (Å²) in [5.74, 6) is -0.504. The van der Waals surface area contributed by atoms with Gasteiger partial charge in [0.1, 0.15) is 6.61 Å². The van der Waals surface area contributed by atoms with E-state index in [-0.39, 0.29) is 23.9 Å². The second kappa shape index (κ2) is 7.98. The van der Waals surface area contributed by atoms with E-state index in [4.69, 9.17) is 4.74 Å². The molecule has 0 bridgehead atoms. The Kier molecular flexibility index (Phi) is 5.24. The molecular formula is C21H19F2N3O3. The second-order valence-electron chi connectivity index (χ2n) is 6.86. The molecule has 1 aliphatic heterocycles. The van der Waals surface area contributed by atoms with Crippen LogP contribution < -0.4 is 0 Å². The smallest absolute Gasteiger partial charge is 0.338 e. The van der Waals surface area contributed by atoms with Crippen LogP contribution in [0.3, 0.4) is 0 Å². The maximum atomic E-state index is 13.4. The molecule has 0 saturated carbocycles. The second-order valence-corrected chi connectivity index (χ2v) is 6.86. The molecule has 2 heterocycles. The van der Waals surface area contributed by atoms with Gasteiger partial charge in [0.25, 0.3) is 0 Å². The molecule has 1 amide bonds. The highest BCUT2D eigenvalue weighted by Crippen LogP contribution is 2.23. The predicted molar refractivity (Wildman–Crippen MR) is 101 cm³/mol. The Bertz CT molecular complexity index is 1050. The Morgan fingerprint density at radius 1 is 1.14 bits per heavy atom. The zero-order chi connectivity index (χ0) is 20.4. The highest BCUT2D eigenvalue weighted by atomic mass is 19.3. The van der Waals surface area contributed by atoms with E-state index in [0.717, 1.165) is 23.1 Å². The fourth-order valence-electron chi connectivity index (χ4n) is 3.47. The number of imidazole rings is 1. The van der Waals surface area contributed by atoms with E-state index in [1.165, 1.54) is 0 Å². The van der Waals surface area contributed by atoms with Crippen LogP contribution in [0.2, 0.25) is 0 Å². The molecule has 8 heteroatoms. The number of aromatic nitrogens is 2. The van der Waals surface area contributed by atoms with Crippen LogP contribution in [0.15, 0.2) is 48.5 Å². The lowest BCUT2D eigenvalue weighted by atomic mass is 10.1. The van der Waals surface area contributed by atoms with Crippen LogP contribution in [0.5, 0.6) is 0 Å². The van der Waals surface area contributed by atoms with Crippen molar-refractivity contribution in [1.29, 1.82) is 0 Å². The van der Waals surface area contributed by atoms with Crippen molar-refractivity contribution >= 4 is 22.9 Å². The topological polar surface area (TPSA) is 64.4 Å². The number of ether oxygens (including phenoxy) is 1. The van der Waals surface area contributed by atoms with E-state index in [2.05, 4.69) is 4.98 Å². The lowest BCUT2D eigenvalue weighted by Crippen LogP contribution is -2.23. The van der Waals surface area contributed by atoms with Crippen molar-refractivity contribution in [2.75, 3.05) is 6.54 Å². The lowest BCUT2D eigenvalue weighted by Gasteiger charge is -2.15. The number of amides is 1. The van der Waals surface area contributed by atoms with Gasteiger partial charge in [-0.15, -0.1) is 0 Å². The van der Waals surface area contributed by atoms with E-state index in [1.807, 2.05) is 0 Å². The molecule has 0 unspecified atom stereocenters. The summed E-state index contributed by atoms with van der Waals surface area (Å²) in [6.07, 6.45) is 1.44. The Morgan fingerprint density at radius 2 is 1.90 bits per heavy atom. The summed E-state index contributed by atoms with van der Waals surface area (Å²) in [7, 11) is 0. The van der Waals surface area contributed by atoms with Crippen LogP contribution in [-0.2, 0) is 22.7 Å². The quantitative estimate of drug-likeness (QED) is 0.590. The molecular weight excluding hydrogens is 380 g/mol. The third-order valence-corrected chi connectivity index (χ3v) is 4.93. The first kappa shape index (κ1) is 19.0. The number of nitrogens with zero attached hydrogens (tertiary/aromatic N) is 3. The number of halogens is 2. The first-order chi connectivity index (χ1) is 14.0. The highest BCUT2D eigenvalue weighted by molar-refractivity contribution is 5.89. The average molecular weight is 399 g/mol. The van der Waals surface area contributed by atoms with Crippen LogP contribution in [-0.4, -0.2) is 32.9 Å². The van der Waals surface area contributed by atoms with Gasteiger partial charge in [-0.05, 0) is 36.2 Å². The van der Waals surface area contributed by atoms with E-state index in [0.29, 0.717) is 24.0 Å². The van der Waals surface area contributed by atoms with Gasteiger partial charge in [0.2, 0.25) is 5.91 Å². The number of rotatable bonds is 6. The molecule has 0 atom stereocenters. The minimum Gasteiger partial charge on any atom is -0.454 e. The summed E-state index contributed by atoms with van der Waals surface area (Å²) in [5.41, 5.74) is 1.92. The summed E-state index contributed by atoms with van der Waals surface area (Å²) >= 11 is 0. The fourth-order valence-corrected chi connectivity index (χ4v) is 3.47. The molecule has 0 radical (unpaired) electrons. The molecule has 1 fully saturated rings. The third kappa shape index (κ3) is 3.96. The van der Waals surface area contributed by atoms with Gasteiger partial charge in [0, 0.05) is 19.5 Å². The van der Waals surface area contributed by atoms with Crippen LogP contribution >= 0.6 is 0 Å². The maximum Gasteiger partial charge on any atom is 0.338 e. The van der Waals surface area contributed by atoms with Crippen LogP contribution in [0.1, 0.15) is 41.1 Å². The number of para-hydroxylation sites is 2. The zero-order valence-corrected chi connectivity index (χ0v) is 15.6. The minimum atomic E-state index is -2.79. The van der Waals surface area contributed by atoms with Crippen molar-refractivity contribution in [2.45, 2.75) is 32.5 Å². The number of likely N-dealkylation sites (tertiary alicyclic amines) is 1. The molecule has 3 aromatic rings. The number of alkyl halides is 2. The molecule has 4 rings (SSSR count). The van der Waals surface area contributed by atoms with Crippen LogP contribution in [0.25, 0.3) is 11.0 Å². The third-order valence-electron chi connectivity index (χ3n) is 4.93. The molecule has 2 aromatic carbocycles. The fraction of sp³-hybridized carbons (Fsp3) is 0.286. The Balaban J connectivity index is 1.43. The molecule has 0 spiro atoms. The first-order valence-corrected chi connectivity index (χ1v) is 9.31. The highest BCUT2D eigenvalue weighted by Gasteiger charge is 2.21. The molecule has 6 nitrogen and oxygen atoms in total. The largest absolute Gasteiger partial charge is 0.454 e. The summed E-state index contributed by atoms with van der Waals surface area (Å²) in [5, 5.41) is 0. The lowest BCUT2D eigenvalue weighted by molar-refractivity contribution is -0.128. The van der Waals surface area contributed by atoms with E-state index < -0.39 is 12.5 Å². The molecule has 0 aliphatic carbocycles. The monoisotopic (exact) mass is 399 g/mol. The van der Waals surface area contributed by atoms with Gasteiger partial charge in [0.15, 0.2) is 5.82 Å². The van der Waals surface area contributed by atoms with Gasteiger partial charge >= 0.3 is 12.5 Å². The zero-order valence-electron chi connectivity index (χ0n) is 15.6. The summed E-state index contributed by atoms with van der Waals surface area (Å²) in [4.78, 5) is 29.9. The van der Waals surface area contributed by atoms with Crippen molar-refractivity contribution in [3.8, 4) is 0 Å². The number of carbonyl (C=O) groups is 2. The normalized spacial score (nSPS) is 14.2. The predicted octanol–water partition coefficient (Wildman–Crippen LogP) is 3.91. The van der Waals surface area contributed by atoms with E-state index in [1.54, 1.807) is 53.4 Å². The number of benzene rings is 2. The summed E-state index contributed by atoms with van der Waals surface area (Å²) in [6, 6.07) is 13.3. The molecule has 1 aromatic heterocycles. The van der Waals surface area contributed by atoms with Crippen molar-refractivity contribution in [1.82, 2.24) is 14.5 Å². The Labute approximate surface area is 165 Å². The Morgan fingerprint density at radius 3 is 2.59 bits per heavy atom.